The van der Waals surface area contributed by atoms with Crippen LogP contribution in [0.25, 0.3) is 0 Å². The average molecular weight is 231 g/mol. The fourth-order valence-corrected chi connectivity index (χ4v) is 1.64. The highest BCUT2D eigenvalue weighted by molar-refractivity contribution is 5.72. The second-order valence-corrected chi connectivity index (χ2v) is 3.62. The van der Waals surface area contributed by atoms with Gasteiger partial charge in [0.15, 0.2) is 0 Å². The molecule has 9 heteroatoms. The highest BCUT2D eigenvalue weighted by atomic mass is 16.2. The molecule has 0 bridgehead atoms. The van der Waals surface area contributed by atoms with Crippen molar-refractivity contribution in [1.29, 1.82) is 0 Å². The van der Waals surface area contributed by atoms with Crippen LogP contribution < -0.4 is 28.5 Å². The van der Waals surface area contributed by atoms with Crippen molar-refractivity contribution in [2.45, 2.75) is 31.6 Å². The van der Waals surface area contributed by atoms with Gasteiger partial charge in [0.2, 0.25) is 0 Å². The molecule has 9 N–H and O–H groups in total. The summed E-state index contributed by atoms with van der Waals surface area (Å²) in [5, 5.41) is 4.67. The topological polar surface area (TPSA) is 157 Å². The van der Waals surface area contributed by atoms with Gasteiger partial charge in [0, 0.05) is 0 Å². The van der Waals surface area contributed by atoms with Gasteiger partial charge in [-0.2, -0.15) is 0 Å². The lowest BCUT2D eigenvalue weighted by Gasteiger charge is -2.38. The average Bonchev–Trinajstić information content (AvgIpc) is 2.26. The first-order chi connectivity index (χ1) is 7.43. The summed E-state index contributed by atoms with van der Waals surface area (Å²) >= 11 is 0. The molecule has 1 saturated heterocycles. The van der Waals surface area contributed by atoms with Crippen LogP contribution in [0.2, 0.25) is 0 Å². The summed E-state index contributed by atoms with van der Waals surface area (Å²) in [6.07, 6.45) is 1.15. The van der Waals surface area contributed by atoms with E-state index in [1.165, 1.54) is 0 Å². The van der Waals surface area contributed by atoms with Gasteiger partial charge in [-0.3, -0.25) is 5.32 Å². The van der Waals surface area contributed by atoms with Crippen LogP contribution in [-0.4, -0.2) is 34.4 Å². The Kier molecular flexibility index (Phi) is 3.88. The number of rotatable bonds is 2. The predicted molar refractivity (Wildman–Crippen MR) is 55.8 cm³/mol. The van der Waals surface area contributed by atoms with Crippen molar-refractivity contribution in [1.82, 2.24) is 15.3 Å². The maximum Gasteiger partial charge on any atom is 0.330 e. The number of nitrogens with zero attached hydrogens (tertiary/aromatic N) is 2. The summed E-state index contributed by atoms with van der Waals surface area (Å²) in [5.41, 5.74) is 10.1. The molecule has 1 heterocycles. The number of carbonyl (C=O) groups excluding carboxylic acids is 2. The molecule has 1 aliphatic heterocycles. The van der Waals surface area contributed by atoms with Gasteiger partial charge in [0.05, 0.1) is 0 Å². The fourth-order valence-electron chi connectivity index (χ4n) is 1.64. The second-order valence-electron chi connectivity index (χ2n) is 3.62. The summed E-state index contributed by atoms with van der Waals surface area (Å²) in [6.45, 7) is 0. The molecule has 0 spiro atoms. The number of primary amides is 2. The number of nitrogens with two attached hydrogens (primary N) is 4. The molecule has 0 radical (unpaired) electrons. The maximum atomic E-state index is 10.9. The maximum absolute atomic E-state index is 10.9. The predicted octanol–water partition coefficient (Wildman–Crippen LogP) is -2.08. The van der Waals surface area contributed by atoms with E-state index in [0.717, 1.165) is 16.4 Å². The quantitative estimate of drug-likeness (QED) is 0.209. The van der Waals surface area contributed by atoms with Crippen LogP contribution in [0, 0.1) is 0 Å². The molecule has 0 aromatic heterocycles. The SMILES string of the molecule is NC(=O)N(N)C1CCCC(N(N)C(N)=O)N1. The van der Waals surface area contributed by atoms with Gasteiger partial charge in [0.1, 0.15) is 12.3 Å². The van der Waals surface area contributed by atoms with E-state index < -0.39 is 24.4 Å². The molecule has 0 aromatic rings. The minimum Gasteiger partial charge on any atom is -0.350 e. The smallest absolute Gasteiger partial charge is 0.330 e. The summed E-state index contributed by atoms with van der Waals surface area (Å²) in [7, 11) is 0. The van der Waals surface area contributed by atoms with Gasteiger partial charge in [0.25, 0.3) is 0 Å². The van der Waals surface area contributed by atoms with Crippen molar-refractivity contribution in [2.75, 3.05) is 0 Å². The number of piperidine rings is 1. The molecule has 0 aliphatic carbocycles. The van der Waals surface area contributed by atoms with E-state index >= 15 is 0 Å². The highest BCUT2D eigenvalue weighted by Crippen LogP contribution is 2.15. The van der Waals surface area contributed by atoms with E-state index in [9.17, 15) is 9.59 Å². The van der Waals surface area contributed by atoms with Gasteiger partial charge < -0.3 is 11.5 Å². The third-order valence-corrected chi connectivity index (χ3v) is 2.52. The first-order valence-corrected chi connectivity index (χ1v) is 4.86. The van der Waals surface area contributed by atoms with Gasteiger partial charge in [-0.05, 0) is 19.3 Å². The zero-order chi connectivity index (χ0) is 12.3. The van der Waals surface area contributed by atoms with Crippen LogP contribution >= 0.6 is 0 Å². The molecule has 16 heavy (non-hydrogen) atoms. The summed E-state index contributed by atoms with van der Waals surface area (Å²) in [5.74, 6) is 10.9. The monoisotopic (exact) mass is 231 g/mol. The molecular weight excluding hydrogens is 214 g/mol. The molecule has 9 nitrogen and oxygen atoms in total. The molecule has 2 atom stereocenters. The van der Waals surface area contributed by atoms with Crippen molar-refractivity contribution in [2.24, 2.45) is 23.2 Å². The van der Waals surface area contributed by atoms with Crippen LogP contribution in [0.3, 0.4) is 0 Å². The van der Waals surface area contributed by atoms with Crippen LogP contribution in [0.1, 0.15) is 19.3 Å². The Morgan fingerprint density at radius 2 is 1.38 bits per heavy atom. The third-order valence-electron chi connectivity index (χ3n) is 2.52. The van der Waals surface area contributed by atoms with Crippen LogP contribution in [-0.2, 0) is 0 Å². The van der Waals surface area contributed by atoms with Crippen molar-refractivity contribution in [3.8, 4) is 0 Å². The van der Waals surface area contributed by atoms with E-state index in [-0.39, 0.29) is 0 Å². The number of amides is 4. The third kappa shape index (κ3) is 2.72. The Labute approximate surface area is 92.6 Å². The largest absolute Gasteiger partial charge is 0.350 e. The summed E-state index contributed by atoms with van der Waals surface area (Å²) in [6, 6.07) is -1.50. The lowest BCUT2D eigenvalue weighted by molar-refractivity contribution is 0.0855. The first kappa shape index (κ1) is 12.5. The Hall–Kier alpha value is -1.58. The minimum atomic E-state index is -0.749. The summed E-state index contributed by atoms with van der Waals surface area (Å²) < 4.78 is 0. The molecule has 1 aliphatic rings. The molecule has 0 saturated carbocycles. The van der Waals surface area contributed by atoms with Gasteiger partial charge in [-0.15, -0.1) is 0 Å². The number of hydrazine groups is 2. The number of carbonyl (C=O) groups is 2. The van der Waals surface area contributed by atoms with E-state index in [0.29, 0.717) is 12.8 Å². The zero-order valence-corrected chi connectivity index (χ0v) is 8.80. The van der Waals surface area contributed by atoms with Crippen molar-refractivity contribution >= 4 is 12.1 Å². The Balaban J connectivity index is 2.60. The second kappa shape index (κ2) is 4.96. The van der Waals surface area contributed by atoms with Gasteiger partial charge in [-0.1, -0.05) is 0 Å². The van der Waals surface area contributed by atoms with Crippen molar-refractivity contribution in [3.05, 3.63) is 0 Å². The molecule has 0 aromatic carbocycles. The molecule has 1 rings (SSSR count). The van der Waals surface area contributed by atoms with E-state index in [2.05, 4.69) is 5.32 Å². The van der Waals surface area contributed by atoms with Gasteiger partial charge in [-0.25, -0.2) is 31.3 Å². The van der Waals surface area contributed by atoms with E-state index in [1.54, 1.807) is 0 Å². The fraction of sp³-hybridized carbons (Fsp3) is 0.714. The van der Waals surface area contributed by atoms with Crippen LogP contribution in [0.15, 0.2) is 0 Å². The van der Waals surface area contributed by atoms with Crippen molar-refractivity contribution < 1.29 is 9.59 Å². The highest BCUT2D eigenvalue weighted by Gasteiger charge is 2.29. The van der Waals surface area contributed by atoms with E-state index in [1.807, 2.05) is 0 Å². The van der Waals surface area contributed by atoms with Crippen LogP contribution in [0.5, 0.6) is 0 Å². The Morgan fingerprint density at radius 3 is 1.69 bits per heavy atom. The first-order valence-electron chi connectivity index (χ1n) is 4.86. The Bertz CT molecular complexity index is 258. The molecule has 1 fully saturated rings. The standard InChI is InChI=1S/C7H17N7O2/c8-6(15)13(10)4-2-1-3-5(12-4)14(11)7(9)16/h4-5,12H,1-3,10-11H2,(H2,8,15)(H2,9,16). The number of urea groups is 2. The number of nitrogens with one attached hydrogen (secondary N) is 1. The lowest BCUT2D eigenvalue weighted by Crippen LogP contribution is -2.64. The Morgan fingerprint density at radius 1 is 1.00 bits per heavy atom. The number of hydrogen-bond donors (Lipinski definition) is 5. The number of hydrogen-bond acceptors (Lipinski definition) is 5. The minimum absolute atomic E-state index is 0.443. The molecular formula is C7H17N7O2. The van der Waals surface area contributed by atoms with Gasteiger partial charge >= 0.3 is 12.1 Å². The molecule has 92 valence electrons. The molecule has 2 unspecified atom stereocenters. The van der Waals surface area contributed by atoms with Crippen LogP contribution in [0.4, 0.5) is 9.59 Å². The zero-order valence-electron chi connectivity index (χ0n) is 8.80. The normalized spacial score (nSPS) is 24.9. The summed E-state index contributed by atoms with van der Waals surface area (Å²) in [4.78, 5) is 21.7. The van der Waals surface area contributed by atoms with E-state index in [4.69, 9.17) is 23.2 Å². The lowest BCUT2D eigenvalue weighted by atomic mass is 10.1. The molecule has 4 amide bonds. The van der Waals surface area contributed by atoms with Crippen molar-refractivity contribution in [3.63, 3.8) is 0 Å².